The predicted molar refractivity (Wildman–Crippen MR) is 109 cm³/mol. The lowest BCUT2D eigenvalue weighted by Crippen LogP contribution is -2.40. The number of thioether (sulfide) groups is 1. The minimum absolute atomic E-state index is 0. The van der Waals surface area contributed by atoms with Crippen LogP contribution < -0.4 is 10.6 Å². The molecule has 0 saturated carbocycles. The minimum Gasteiger partial charge on any atom is -0.356 e. The van der Waals surface area contributed by atoms with Crippen LogP contribution in [0.25, 0.3) is 0 Å². The van der Waals surface area contributed by atoms with E-state index in [2.05, 4.69) is 38.2 Å². The number of aliphatic imine (C=N–C) groups is 1. The predicted octanol–water partition coefficient (Wildman–Crippen LogP) is 2.44. The van der Waals surface area contributed by atoms with Crippen molar-refractivity contribution in [1.82, 2.24) is 20.2 Å². The Morgan fingerprint density at radius 2 is 2.30 bits per heavy atom. The molecule has 5 nitrogen and oxygen atoms in total. The first-order chi connectivity index (χ1) is 10.8. The third kappa shape index (κ3) is 5.55. The lowest BCUT2D eigenvalue weighted by molar-refractivity contribution is 0.522. The van der Waals surface area contributed by atoms with Crippen molar-refractivity contribution < 1.29 is 0 Å². The first kappa shape index (κ1) is 18.9. The summed E-state index contributed by atoms with van der Waals surface area (Å²) in [6.07, 6.45) is 9.57. The van der Waals surface area contributed by atoms with Crippen molar-refractivity contribution in [3.8, 4) is 0 Å². The highest BCUT2D eigenvalue weighted by Crippen LogP contribution is 2.25. The molecule has 2 aliphatic heterocycles. The van der Waals surface area contributed by atoms with Gasteiger partial charge in [0, 0.05) is 51.0 Å². The van der Waals surface area contributed by atoms with Crippen LogP contribution in [0.15, 0.2) is 11.2 Å². The summed E-state index contributed by atoms with van der Waals surface area (Å²) in [6.45, 7) is 3.04. The van der Waals surface area contributed by atoms with Gasteiger partial charge in [0.05, 0.1) is 5.69 Å². The Hall–Kier alpha value is -0.440. The van der Waals surface area contributed by atoms with Crippen LogP contribution in [0.4, 0.5) is 0 Å². The van der Waals surface area contributed by atoms with Crippen LogP contribution in [0.5, 0.6) is 0 Å². The fourth-order valence-electron chi connectivity index (χ4n) is 3.14. The van der Waals surface area contributed by atoms with Crippen molar-refractivity contribution in [3.63, 3.8) is 0 Å². The van der Waals surface area contributed by atoms with Crippen LogP contribution in [0.3, 0.4) is 0 Å². The molecular weight excluding hydrogens is 421 g/mol. The van der Waals surface area contributed by atoms with Crippen LogP contribution in [-0.4, -0.2) is 46.7 Å². The van der Waals surface area contributed by atoms with Crippen molar-refractivity contribution >= 4 is 41.7 Å². The Labute approximate surface area is 160 Å². The second-order valence-corrected chi connectivity index (χ2v) is 7.47. The standard InChI is InChI=1S/C16H27N5S.HI/c1-17-16(19-11-14-5-4-10-22-14)18-8-7-13-12-21-9-3-2-6-15(21)20-13;/h12,14H,2-11H2,1H3,(H2,17,18,19);1H. The first-order valence-corrected chi connectivity index (χ1v) is 9.51. The SMILES string of the molecule is CN=C(NCCc1cn2c(n1)CCCC2)NCC1CCCS1.I. The molecule has 0 amide bonds. The summed E-state index contributed by atoms with van der Waals surface area (Å²) >= 11 is 2.07. The maximum absolute atomic E-state index is 4.74. The molecule has 7 heteroatoms. The molecular formula is C16H28IN5S. The molecule has 0 spiro atoms. The Bertz CT molecular complexity index is 487. The van der Waals surface area contributed by atoms with Gasteiger partial charge < -0.3 is 15.2 Å². The van der Waals surface area contributed by atoms with E-state index >= 15 is 0 Å². The van der Waals surface area contributed by atoms with Gasteiger partial charge in [-0.3, -0.25) is 4.99 Å². The van der Waals surface area contributed by atoms with Gasteiger partial charge in [0.1, 0.15) is 5.82 Å². The molecule has 1 fully saturated rings. The third-order valence-corrected chi connectivity index (χ3v) is 5.77. The Kier molecular flexibility index (Phi) is 8.02. The number of hydrogen-bond donors (Lipinski definition) is 2. The largest absolute Gasteiger partial charge is 0.356 e. The number of halogens is 1. The number of imidazole rings is 1. The zero-order valence-electron chi connectivity index (χ0n) is 13.9. The van der Waals surface area contributed by atoms with Gasteiger partial charge in [-0.25, -0.2) is 4.98 Å². The zero-order chi connectivity index (χ0) is 15.2. The van der Waals surface area contributed by atoms with E-state index in [-0.39, 0.29) is 24.0 Å². The van der Waals surface area contributed by atoms with Crippen LogP contribution in [0.2, 0.25) is 0 Å². The molecule has 3 rings (SSSR count). The number of rotatable bonds is 5. The van der Waals surface area contributed by atoms with Gasteiger partial charge in [-0.1, -0.05) is 0 Å². The van der Waals surface area contributed by atoms with E-state index in [9.17, 15) is 0 Å². The summed E-state index contributed by atoms with van der Waals surface area (Å²) in [7, 11) is 1.84. The van der Waals surface area contributed by atoms with Crippen LogP contribution in [-0.2, 0) is 19.4 Å². The highest BCUT2D eigenvalue weighted by Gasteiger charge is 2.15. The molecule has 1 unspecified atom stereocenters. The molecule has 0 bridgehead atoms. The second kappa shape index (κ2) is 9.76. The number of fused-ring (bicyclic) bond motifs is 1. The molecule has 0 aromatic carbocycles. The Morgan fingerprint density at radius 1 is 1.39 bits per heavy atom. The molecule has 1 saturated heterocycles. The molecule has 2 N–H and O–H groups in total. The lowest BCUT2D eigenvalue weighted by Gasteiger charge is -2.14. The van der Waals surface area contributed by atoms with Crippen molar-refractivity contribution in [2.45, 2.75) is 50.3 Å². The third-order valence-electron chi connectivity index (χ3n) is 4.38. The number of aryl methyl sites for hydroxylation is 2. The van der Waals surface area contributed by atoms with Gasteiger partial charge in [0.2, 0.25) is 0 Å². The highest BCUT2D eigenvalue weighted by atomic mass is 127. The number of nitrogens with zero attached hydrogens (tertiary/aromatic N) is 3. The van der Waals surface area contributed by atoms with Gasteiger partial charge in [-0.05, 0) is 31.4 Å². The first-order valence-electron chi connectivity index (χ1n) is 8.46. The quantitative estimate of drug-likeness (QED) is 0.412. The van der Waals surface area contributed by atoms with E-state index in [1.165, 1.54) is 43.0 Å². The molecule has 1 aromatic rings. The number of aromatic nitrogens is 2. The van der Waals surface area contributed by atoms with Crippen molar-refractivity contribution in [1.29, 1.82) is 0 Å². The summed E-state index contributed by atoms with van der Waals surface area (Å²) in [4.78, 5) is 9.05. The zero-order valence-corrected chi connectivity index (χ0v) is 17.0. The maximum Gasteiger partial charge on any atom is 0.191 e. The number of guanidine groups is 1. The molecule has 1 atom stereocenters. The molecule has 2 aliphatic rings. The van der Waals surface area contributed by atoms with Gasteiger partial charge in [0.25, 0.3) is 0 Å². The topological polar surface area (TPSA) is 54.2 Å². The van der Waals surface area contributed by atoms with E-state index in [1.54, 1.807) is 0 Å². The summed E-state index contributed by atoms with van der Waals surface area (Å²) in [5, 5.41) is 7.59. The fourth-order valence-corrected chi connectivity index (χ4v) is 4.34. The van der Waals surface area contributed by atoms with E-state index in [0.29, 0.717) is 0 Å². The molecule has 23 heavy (non-hydrogen) atoms. The van der Waals surface area contributed by atoms with E-state index < -0.39 is 0 Å². The Balaban J connectivity index is 0.00000192. The molecule has 0 aliphatic carbocycles. The maximum atomic E-state index is 4.74. The summed E-state index contributed by atoms with van der Waals surface area (Å²) < 4.78 is 2.32. The van der Waals surface area contributed by atoms with Gasteiger partial charge in [0.15, 0.2) is 5.96 Å². The molecule has 0 radical (unpaired) electrons. The van der Waals surface area contributed by atoms with Crippen molar-refractivity contribution in [3.05, 3.63) is 17.7 Å². The van der Waals surface area contributed by atoms with Crippen LogP contribution >= 0.6 is 35.7 Å². The lowest BCUT2D eigenvalue weighted by atomic mass is 10.2. The molecule has 1 aromatic heterocycles. The highest BCUT2D eigenvalue weighted by molar-refractivity contribution is 14.0. The average Bonchev–Trinajstić information content (AvgIpc) is 3.19. The summed E-state index contributed by atoms with van der Waals surface area (Å²) in [6, 6.07) is 0. The van der Waals surface area contributed by atoms with Gasteiger partial charge in [-0.15, -0.1) is 24.0 Å². The molecule has 3 heterocycles. The van der Waals surface area contributed by atoms with Crippen molar-refractivity contribution in [2.24, 2.45) is 4.99 Å². The number of nitrogens with one attached hydrogen (secondary N) is 2. The minimum atomic E-state index is 0. The smallest absolute Gasteiger partial charge is 0.191 e. The Morgan fingerprint density at radius 3 is 3.04 bits per heavy atom. The van der Waals surface area contributed by atoms with Crippen LogP contribution in [0, 0.1) is 0 Å². The monoisotopic (exact) mass is 449 g/mol. The fraction of sp³-hybridized carbons (Fsp3) is 0.750. The summed E-state index contributed by atoms with van der Waals surface area (Å²) in [5.74, 6) is 3.49. The van der Waals surface area contributed by atoms with Gasteiger partial charge in [-0.2, -0.15) is 11.8 Å². The van der Waals surface area contributed by atoms with Crippen molar-refractivity contribution in [2.75, 3.05) is 25.9 Å². The number of hydrogen-bond acceptors (Lipinski definition) is 3. The summed E-state index contributed by atoms with van der Waals surface area (Å²) in [5.41, 5.74) is 1.20. The second-order valence-electron chi connectivity index (χ2n) is 6.06. The van der Waals surface area contributed by atoms with E-state index in [4.69, 9.17) is 4.98 Å². The average molecular weight is 449 g/mol. The van der Waals surface area contributed by atoms with E-state index in [1.807, 2.05) is 7.05 Å². The van der Waals surface area contributed by atoms with Gasteiger partial charge >= 0.3 is 0 Å². The normalized spacial score (nSPS) is 20.7. The van der Waals surface area contributed by atoms with Crippen LogP contribution in [0.1, 0.15) is 37.2 Å². The van der Waals surface area contributed by atoms with E-state index in [0.717, 1.165) is 43.7 Å². The molecule has 130 valence electrons.